The van der Waals surface area contributed by atoms with E-state index in [0.29, 0.717) is 28.4 Å². The molecule has 0 unspecified atom stereocenters. The second-order valence-electron chi connectivity index (χ2n) is 6.19. The van der Waals surface area contributed by atoms with E-state index < -0.39 is 0 Å². The topological polar surface area (TPSA) is 76.6 Å². The maximum atomic E-state index is 12.4. The molecule has 140 valence electrons. The quantitative estimate of drug-likeness (QED) is 0.518. The second-order valence-corrected chi connectivity index (χ2v) is 7.21. The summed E-state index contributed by atoms with van der Waals surface area (Å²) in [5.41, 5.74) is 2.21. The van der Waals surface area contributed by atoms with Crippen molar-refractivity contribution in [1.29, 1.82) is 0 Å². The maximum Gasteiger partial charge on any atom is 0.287 e. The number of amides is 1. The zero-order valence-electron chi connectivity index (χ0n) is 15.1. The first kappa shape index (κ1) is 18.1. The van der Waals surface area contributed by atoms with Crippen LogP contribution in [-0.2, 0) is 5.75 Å². The Morgan fingerprint density at radius 2 is 1.86 bits per heavy atom. The number of hydrogen-bond acceptors (Lipinski definition) is 5. The third kappa shape index (κ3) is 3.84. The normalized spacial score (nSPS) is 10.9. The molecule has 0 radical (unpaired) electrons. The van der Waals surface area contributed by atoms with Gasteiger partial charge in [-0.05, 0) is 31.2 Å². The lowest BCUT2D eigenvalue weighted by molar-refractivity contribution is 0.102. The van der Waals surface area contributed by atoms with E-state index >= 15 is 0 Å². The maximum absolute atomic E-state index is 12.4. The zero-order valence-corrected chi connectivity index (χ0v) is 15.9. The molecule has 2 heterocycles. The molecule has 0 bridgehead atoms. The third-order valence-corrected chi connectivity index (χ3v) is 5.18. The monoisotopic (exact) mass is 391 g/mol. The Labute approximate surface area is 165 Å². The van der Waals surface area contributed by atoms with Crippen molar-refractivity contribution >= 4 is 29.0 Å². The summed E-state index contributed by atoms with van der Waals surface area (Å²) in [6.45, 7) is 1.77. The summed E-state index contributed by atoms with van der Waals surface area (Å²) >= 11 is 1.51. The molecule has 0 saturated carbocycles. The van der Waals surface area contributed by atoms with E-state index in [0.717, 1.165) is 10.6 Å². The van der Waals surface area contributed by atoms with Crippen LogP contribution >= 0.6 is 11.8 Å². The van der Waals surface area contributed by atoms with Gasteiger partial charge >= 0.3 is 0 Å². The van der Waals surface area contributed by atoms with E-state index in [9.17, 15) is 9.59 Å². The van der Waals surface area contributed by atoms with Crippen molar-refractivity contribution in [1.82, 2.24) is 9.56 Å². The Balaban J connectivity index is 1.53. The summed E-state index contributed by atoms with van der Waals surface area (Å²) in [5, 5.41) is 2.95. The number of anilines is 1. The average Bonchev–Trinajstić information content (AvgIpc) is 3.09. The lowest BCUT2D eigenvalue weighted by Gasteiger charge is -2.10. The molecule has 2 aromatic heterocycles. The van der Waals surface area contributed by atoms with Crippen LogP contribution in [-0.4, -0.2) is 15.5 Å². The van der Waals surface area contributed by atoms with E-state index in [-0.39, 0.29) is 11.5 Å². The number of carbonyl (C=O) groups is 1. The summed E-state index contributed by atoms with van der Waals surface area (Å²) in [6.07, 6.45) is 0. The molecule has 0 aliphatic heterocycles. The summed E-state index contributed by atoms with van der Waals surface area (Å²) in [7, 11) is 0. The molecule has 6 nitrogen and oxygen atoms in total. The molecule has 0 aliphatic rings. The number of rotatable bonds is 5. The number of aryl methyl sites for hydroxylation is 1. The van der Waals surface area contributed by atoms with Crippen molar-refractivity contribution in [2.45, 2.75) is 17.6 Å². The first-order valence-electron chi connectivity index (χ1n) is 8.68. The number of thioether (sulfide) groups is 1. The predicted octanol–water partition coefficient (Wildman–Crippen LogP) is 4.14. The van der Waals surface area contributed by atoms with Crippen LogP contribution in [0, 0.1) is 6.92 Å². The number of carbonyl (C=O) groups excluding carboxylic acids is 1. The van der Waals surface area contributed by atoms with Crippen molar-refractivity contribution in [3.05, 3.63) is 94.1 Å². The number of aromatic nitrogens is 2. The highest BCUT2D eigenvalue weighted by molar-refractivity contribution is 7.98. The molecule has 0 spiro atoms. The molecule has 1 amide bonds. The Morgan fingerprint density at radius 3 is 2.68 bits per heavy atom. The molecule has 0 atom stereocenters. The minimum absolute atomic E-state index is 0.166. The molecule has 1 N–H and O–H groups in total. The smallest absolute Gasteiger partial charge is 0.287 e. The third-order valence-electron chi connectivity index (χ3n) is 4.07. The van der Waals surface area contributed by atoms with Gasteiger partial charge in [-0.25, -0.2) is 4.98 Å². The average molecular weight is 391 g/mol. The second kappa shape index (κ2) is 7.74. The minimum atomic E-state index is -0.251. The molecular formula is C21H17N3O3S. The lowest BCUT2D eigenvalue weighted by Crippen LogP contribution is -2.13. The Bertz CT molecular complexity index is 1200. The molecule has 2 aromatic carbocycles. The highest BCUT2D eigenvalue weighted by Crippen LogP contribution is 2.29. The van der Waals surface area contributed by atoms with Gasteiger partial charge in [-0.1, -0.05) is 30.3 Å². The number of para-hydroxylation sites is 1. The number of benzene rings is 2. The van der Waals surface area contributed by atoms with E-state index in [4.69, 9.17) is 4.52 Å². The first-order chi connectivity index (χ1) is 13.6. The minimum Gasteiger partial charge on any atom is -0.375 e. The fourth-order valence-electron chi connectivity index (χ4n) is 2.78. The number of nitrogens with one attached hydrogen (secondary N) is 1. The molecule has 28 heavy (non-hydrogen) atoms. The van der Waals surface area contributed by atoms with E-state index in [1.54, 1.807) is 25.1 Å². The molecular weight excluding hydrogens is 374 g/mol. The van der Waals surface area contributed by atoms with Crippen molar-refractivity contribution < 1.29 is 9.32 Å². The molecule has 0 aliphatic carbocycles. The van der Waals surface area contributed by atoms with Crippen molar-refractivity contribution in [3.63, 3.8) is 0 Å². The fourth-order valence-corrected chi connectivity index (χ4v) is 3.68. The van der Waals surface area contributed by atoms with Gasteiger partial charge < -0.3 is 9.84 Å². The van der Waals surface area contributed by atoms with Crippen LogP contribution in [0.25, 0.3) is 5.65 Å². The van der Waals surface area contributed by atoms with Crippen LogP contribution in [0.2, 0.25) is 0 Å². The van der Waals surface area contributed by atoms with Gasteiger partial charge in [0.25, 0.3) is 11.5 Å². The van der Waals surface area contributed by atoms with Gasteiger partial charge in [-0.2, -0.15) is 0 Å². The number of hydrogen-bond donors (Lipinski definition) is 1. The van der Waals surface area contributed by atoms with Gasteiger partial charge in [-0.3, -0.25) is 9.59 Å². The van der Waals surface area contributed by atoms with Gasteiger partial charge in [0.15, 0.2) is 5.65 Å². The largest absolute Gasteiger partial charge is 0.375 e. The lowest BCUT2D eigenvalue weighted by atomic mass is 10.2. The Morgan fingerprint density at radius 1 is 1.11 bits per heavy atom. The highest BCUT2D eigenvalue weighted by Gasteiger charge is 2.11. The van der Waals surface area contributed by atoms with Gasteiger partial charge in [0.2, 0.25) is 0 Å². The van der Waals surface area contributed by atoms with E-state index in [2.05, 4.69) is 10.3 Å². The SMILES string of the molecule is Cc1cc2nc(CSc3ccccc3NC(=O)c3ccccc3)cc(=O)n2o1. The predicted molar refractivity (Wildman–Crippen MR) is 109 cm³/mol. The van der Waals surface area contributed by atoms with Gasteiger partial charge in [-0.15, -0.1) is 16.3 Å². The van der Waals surface area contributed by atoms with Gasteiger partial charge in [0.05, 0.1) is 11.4 Å². The van der Waals surface area contributed by atoms with Gasteiger partial charge in [0, 0.05) is 28.3 Å². The van der Waals surface area contributed by atoms with Crippen molar-refractivity contribution in [2.24, 2.45) is 0 Å². The van der Waals surface area contributed by atoms with Crippen LogP contribution in [0.4, 0.5) is 5.69 Å². The standard InChI is InChI=1S/C21H17N3O3S/c1-14-11-19-22-16(12-20(25)24(19)27-14)13-28-18-10-6-5-9-17(18)23-21(26)15-7-3-2-4-8-15/h2-12H,13H2,1H3,(H,23,26). The molecule has 4 rings (SSSR count). The highest BCUT2D eigenvalue weighted by atomic mass is 32.2. The fraction of sp³-hybridized carbons (Fsp3) is 0.0952. The Kier molecular flexibility index (Phi) is 4.99. The van der Waals surface area contributed by atoms with Gasteiger partial charge in [0.1, 0.15) is 5.76 Å². The molecule has 0 fully saturated rings. The zero-order chi connectivity index (χ0) is 19.5. The molecule has 4 aromatic rings. The van der Waals surface area contributed by atoms with Crippen LogP contribution < -0.4 is 10.9 Å². The summed E-state index contributed by atoms with van der Waals surface area (Å²) < 4.78 is 6.49. The van der Waals surface area contributed by atoms with Crippen molar-refractivity contribution in [3.8, 4) is 0 Å². The first-order valence-corrected chi connectivity index (χ1v) is 9.66. The van der Waals surface area contributed by atoms with E-state index in [1.165, 1.54) is 22.4 Å². The number of fused-ring (bicyclic) bond motifs is 1. The summed E-state index contributed by atoms with van der Waals surface area (Å²) in [5.74, 6) is 0.956. The summed E-state index contributed by atoms with van der Waals surface area (Å²) in [6, 6.07) is 19.8. The van der Waals surface area contributed by atoms with Crippen LogP contribution in [0.3, 0.4) is 0 Å². The van der Waals surface area contributed by atoms with Crippen LogP contribution in [0.1, 0.15) is 21.8 Å². The Hall–Kier alpha value is -3.32. The van der Waals surface area contributed by atoms with Crippen LogP contribution in [0.15, 0.2) is 80.9 Å². The summed E-state index contributed by atoms with van der Waals surface area (Å²) in [4.78, 5) is 30.0. The van der Waals surface area contributed by atoms with Crippen LogP contribution in [0.5, 0.6) is 0 Å². The molecule has 0 saturated heterocycles. The van der Waals surface area contributed by atoms with Crippen molar-refractivity contribution in [2.75, 3.05) is 5.32 Å². The number of nitrogens with zero attached hydrogens (tertiary/aromatic N) is 2. The molecule has 7 heteroatoms. The van der Waals surface area contributed by atoms with E-state index in [1.807, 2.05) is 42.5 Å².